The molecule has 1 heterocycles. The lowest BCUT2D eigenvalue weighted by Gasteiger charge is -2.14. The molecule has 0 radical (unpaired) electrons. The van der Waals surface area contributed by atoms with Gasteiger partial charge in [0.2, 0.25) is 5.91 Å². The maximum atomic E-state index is 10.9. The Kier molecular flexibility index (Phi) is 3.10. The van der Waals surface area contributed by atoms with E-state index in [-0.39, 0.29) is 5.91 Å². The van der Waals surface area contributed by atoms with Crippen LogP contribution >= 0.6 is 0 Å². The van der Waals surface area contributed by atoms with Gasteiger partial charge in [-0.3, -0.25) is 4.79 Å². The lowest BCUT2D eigenvalue weighted by atomic mass is 10.2. The second kappa shape index (κ2) is 4.53. The van der Waals surface area contributed by atoms with Crippen molar-refractivity contribution in [2.75, 3.05) is 25.5 Å². The van der Waals surface area contributed by atoms with Gasteiger partial charge in [-0.25, -0.2) is 0 Å². The molecule has 0 aromatic heterocycles. The summed E-state index contributed by atoms with van der Waals surface area (Å²) >= 11 is 0. The van der Waals surface area contributed by atoms with Crippen LogP contribution in [0, 0.1) is 0 Å². The van der Waals surface area contributed by atoms with Crippen LogP contribution in [0.4, 0.5) is 5.69 Å². The number of amides is 1. The zero-order valence-electron chi connectivity index (χ0n) is 9.44. The highest BCUT2D eigenvalue weighted by Gasteiger charge is 2.18. The van der Waals surface area contributed by atoms with Crippen LogP contribution in [0.3, 0.4) is 0 Å². The highest BCUT2D eigenvalue weighted by Crippen LogP contribution is 2.15. The van der Waals surface area contributed by atoms with Crippen molar-refractivity contribution in [3.05, 3.63) is 29.8 Å². The van der Waals surface area contributed by atoms with Crippen molar-refractivity contribution in [2.45, 2.75) is 12.5 Å². The van der Waals surface area contributed by atoms with Crippen LogP contribution in [0.15, 0.2) is 24.3 Å². The summed E-state index contributed by atoms with van der Waals surface area (Å²) < 4.78 is 0. The van der Waals surface area contributed by atoms with E-state index in [2.05, 4.69) is 17.3 Å². The Bertz CT molecular complexity index is 374. The van der Waals surface area contributed by atoms with E-state index in [4.69, 9.17) is 5.73 Å². The predicted molar refractivity (Wildman–Crippen MR) is 64.5 cm³/mol. The average Bonchev–Trinajstić information content (AvgIpc) is 2.65. The molecule has 3 N–H and O–H groups in total. The van der Waals surface area contributed by atoms with Gasteiger partial charge in [-0.1, -0.05) is 0 Å². The number of nitrogens with two attached hydrogens (primary N) is 1. The third-order valence-electron chi connectivity index (χ3n) is 2.93. The number of hydrogen-bond donors (Lipinski definition) is 2. The Morgan fingerprint density at radius 3 is 2.62 bits per heavy atom. The van der Waals surface area contributed by atoms with Gasteiger partial charge in [0.1, 0.15) is 0 Å². The standard InChI is InChI=1S/C12H17N3O/c1-15-7-6-11(8-15)14-10-4-2-9(3-5-10)12(13)16/h2-5,11,14H,6-8H2,1H3,(H2,13,16). The molecule has 4 nitrogen and oxygen atoms in total. The Morgan fingerprint density at radius 2 is 2.12 bits per heavy atom. The van der Waals surface area contributed by atoms with Gasteiger partial charge in [-0.15, -0.1) is 0 Å². The Balaban J connectivity index is 1.97. The fraction of sp³-hybridized carbons (Fsp3) is 0.417. The first-order valence-corrected chi connectivity index (χ1v) is 5.50. The molecule has 16 heavy (non-hydrogen) atoms. The van der Waals surface area contributed by atoms with Gasteiger partial charge in [0.05, 0.1) is 0 Å². The summed E-state index contributed by atoms with van der Waals surface area (Å²) in [6.07, 6.45) is 1.16. The van der Waals surface area contributed by atoms with E-state index in [1.54, 1.807) is 12.1 Å². The summed E-state index contributed by atoms with van der Waals surface area (Å²) in [6, 6.07) is 7.81. The third-order valence-corrected chi connectivity index (χ3v) is 2.93. The van der Waals surface area contributed by atoms with Crippen molar-refractivity contribution in [1.29, 1.82) is 0 Å². The van der Waals surface area contributed by atoms with Crippen LogP contribution in [-0.2, 0) is 0 Å². The van der Waals surface area contributed by atoms with Crippen molar-refractivity contribution in [2.24, 2.45) is 5.73 Å². The number of likely N-dealkylation sites (N-methyl/N-ethyl adjacent to an activating group) is 1. The van der Waals surface area contributed by atoms with E-state index in [1.807, 2.05) is 12.1 Å². The van der Waals surface area contributed by atoms with Crippen molar-refractivity contribution < 1.29 is 4.79 Å². The Hall–Kier alpha value is -1.55. The second-order valence-corrected chi connectivity index (χ2v) is 4.33. The van der Waals surface area contributed by atoms with Crippen molar-refractivity contribution in [3.8, 4) is 0 Å². The summed E-state index contributed by atoms with van der Waals surface area (Å²) in [5.74, 6) is -0.382. The fourth-order valence-corrected chi connectivity index (χ4v) is 2.02. The lowest BCUT2D eigenvalue weighted by Crippen LogP contribution is -2.23. The number of anilines is 1. The average molecular weight is 219 g/mol. The third kappa shape index (κ3) is 2.52. The molecule has 1 unspecified atom stereocenters. The van der Waals surface area contributed by atoms with Gasteiger partial charge in [-0.2, -0.15) is 0 Å². The highest BCUT2D eigenvalue weighted by atomic mass is 16.1. The van der Waals surface area contributed by atoms with Crippen LogP contribution in [-0.4, -0.2) is 37.0 Å². The first kappa shape index (κ1) is 11.0. The van der Waals surface area contributed by atoms with E-state index >= 15 is 0 Å². The molecule has 1 aromatic rings. The molecule has 2 rings (SSSR count). The number of hydrogen-bond acceptors (Lipinski definition) is 3. The molecule has 1 saturated heterocycles. The number of benzene rings is 1. The van der Waals surface area contributed by atoms with Gasteiger partial charge in [0.25, 0.3) is 0 Å². The van der Waals surface area contributed by atoms with Crippen LogP contribution in [0.2, 0.25) is 0 Å². The maximum absolute atomic E-state index is 10.9. The Labute approximate surface area is 95.4 Å². The lowest BCUT2D eigenvalue weighted by molar-refractivity contribution is 0.100. The number of nitrogens with zero attached hydrogens (tertiary/aromatic N) is 1. The molecule has 1 fully saturated rings. The first-order valence-electron chi connectivity index (χ1n) is 5.50. The van der Waals surface area contributed by atoms with Gasteiger partial charge >= 0.3 is 0 Å². The van der Waals surface area contributed by atoms with E-state index < -0.39 is 0 Å². The van der Waals surface area contributed by atoms with Crippen LogP contribution in [0.1, 0.15) is 16.8 Å². The fourth-order valence-electron chi connectivity index (χ4n) is 2.02. The summed E-state index contributed by atoms with van der Waals surface area (Å²) in [5.41, 5.74) is 6.78. The monoisotopic (exact) mass is 219 g/mol. The molecular formula is C12H17N3O. The molecule has 0 aliphatic carbocycles. The van der Waals surface area contributed by atoms with E-state index in [1.165, 1.54) is 0 Å². The van der Waals surface area contributed by atoms with Crippen molar-refractivity contribution in [3.63, 3.8) is 0 Å². The molecule has 1 aromatic carbocycles. The predicted octanol–water partition coefficient (Wildman–Crippen LogP) is 0.901. The summed E-state index contributed by atoms with van der Waals surface area (Å²) in [7, 11) is 2.12. The number of rotatable bonds is 3. The van der Waals surface area contributed by atoms with Crippen LogP contribution in [0.25, 0.3) is 0 Å². The van der Waals surface area contributed by atoms with Gasteiger partial charge in [0.15, 0.2) is 0 Å². The smallest absolute Gasteiger partial charge is 0.248 e. The van der Waals surface area contributed by atoms with Crippen molar-refractivity contribution in [1.82, 2.24) is 4.90 Å². The quantitative estimate of drug-likeness (QED) is 0.794. The maximum Gasteiger partial charge on any atom is 0.248 e. The molecule has 1 aliphatic heterocycles. The first-order chi connectivity index (χ1) is 7.65. The normalized spacial score (nSPS) is 20.9. The zero-order valence-corrected chi connectivity index (χ0v) is 9.44. The largest absolute Gasteiger partial charge is 0.381 e. The molecule has 0 bridgehead atoms. The molecule has 1 aliphatic rings. The minimum absolute atomic E-state index is 0.382. The van der Waals surface area contributed by atoms with Gasteiger partial charge in [0, 0.05) is 23.8 Å². The number of carbonyl (C=O) groups is 1. The summed E-state index contributed by atoms with van der Waals surface area (Å²) in [5, 5.41) is 3.44. The van der Waals surface area contributed by atoms with Crippen LogP contribution < -0.4 is 11.1 Å². The molecule has 1 amide bonds. The highest BCUT2D eigenvalue weighted by molar-refractivity contribution is 5.93. The zero-order chi connectivity index (χ0) is 11.5. The summed E-state index contributed by atoms with van der Waals surface area (Å²) in [6.45, 7) is 2.20. The summed E-state index contributed by atoms with van der Waals surface area (Å²) in [4.78, 5) is 13.2. The molecule has 1 atom stereocenters. The molecular weight excluding hydrogens is 202 g/mol. The number of likely N-dealkylation sites (tertiary alicyclic amines) is 1. The van der Waals surface area contributed by atoms with Gasteiger partial charge in [-0.05, 0) is 44.3 Å². The van der Waals surface area contributed by atoms with Crippen molar-refractivity contribution >= 4 is 11.6 Å². The van der Waals surface area contributed by atoms with Gasteiger partial charge < -0.3 is 16.0 Å². The number of carbonyl (C=O) groups excluding carboxylic acids is 1. The van der Waals surface area contributed by atoms with E-state index in [0.29, 0.717) is 11.6 Å². The van der Waals surface area contributed by atoms with E-state index in [0.717, 1.165) is 25.2 Å². The second-order valence-electron chi connectivity index (χ2n) is 4.33. The van der Waals surface area contributed by atoms with E-state index in [9.17, 15) is 4.79 Å². The molecule has 0 saturated carbocycles. The molecule has 86 valence electrons. The SMILES string of the molecule is CN1CCC(Nc2ccc(C(N)=O)cc2)C1. The minimum atomic E-state index is -0.382. The minimum Gasteiger partial charge on any atom is -0.381 e. The number of nitrogens with one attached hydrogen (secondary N) is 1. The number of primary amides is 1. The Morgan fingerprint density at radius 1 is 1.44 bits per heavy atom. The molecule has 4 heteroatoms. The van der Waals surface area contributed by atoms with Crippen LogP contribution in [0.5, 0.6) is 0 Å². The molecule has 0 spiro atoms. The topological polar surface area (TPSA) is 58.4 Å².